The predicted octanol–water partition coefficient (Wildman–Crippen LogP) is 1.68. The van der Waals surface area contributed by atoms with Gasteiger partial charge in [-0.25, -0.2) is 0 Å². The van der Waals surface area contributed by atoms with Crippen LogP contribution in [0.4, 0.5) is 5.69 Å². The van der Waals surface area contributed by atoms with Crippen LogP contribution in [0.3, 0.4) is 0 Å². The molecule has 2 aromatic rings. The molecule has 0 unspecified atom stereocenters. The lowest BCUT2D eigenvalue weighted by atomic mass is 10.2. The third kappa shape index (κ3) is 1.74. The quantitative estimate of drug-likeness (QED) is 0.792. The van der Waals surface area contributed by atoms with Gasteiger partial charge in [-0.15, -0.1) is 16.4 Å². The first-order chi connectivity index (χ1) is 8.77. The van der Waals surface area contributed by atoms with Crippen molar-refractivity contribution in [2.24, 2.45) is 0 Å². The van der Waals surface area contributed by atoms with Crippen molar-refractivity contribution in [2.75, 3.05) is 18.8 Å². The molecule has 5 nitrogen and oxygen atoms in total. The molecule has 0 spiro atoms. The molecule has 2 N–H and O–H groups in total. The third-order valence-corrected chi connectivity index (χ3v) is 4.05. The van der Waals surface area contributed by atoms with Crippen molar-refractivity contribution < 1.29 is 4.79 Å². The first-order valence-electron chi connectivity index (χ1n) is 5.71. The van der Waals surface area contributed by atoms with Crippen LogP contribution in [-0.2, 0) is 0 Å². The van der Waals surface area contributed by atoms with E-state index in [-0.39, 0.29) is 5.91 Å². The standard InChI is InChI=1S/C12H12N4OS/c13-9-8-4-5-14-15-11(8)18-10(9)12(17)16-6-2-1-3-7-16/h1-2,4-5H,3,6-7,13H2. The lowest BCUT2D eigenvalue weighted by Gasteiger charge is -2.22. The molecule has 0 saturated heterocycles. The van der Waals surface area contributed by atoms with Crippen LogP contribution in [0.5, 0.6) is 0 Å². The average Bonchev–Trinajstić information content (AvgIpc) is 2.77. The monoisotopic (exact) mass is 260 g/mol. The first-order valence-corrected chi connectivity index (χ1v) is 6.53. The summed E-state index contributed by atoms with van der Waals surface area (Å²) in [6, 6.07) is 1.79. The number of carbonyl (C=O) groups excluding carboxylic acids is 1. The number of nitrogens with zero attached hydrogens (tertiary/aromatic N) is 3. The van der Waals surface area contributed by atoms with Crippen molar-refractivity contribution in [3.63, 3.8) is 0 Å². The molecule has 6 heteroatoms. The summed E-state index contributed by atoms with van der Waals surface area (Å²) >= 11 is 1.31. The third-order valence-electron chi connectivity index (χ3n) is 2.96. The average molecular weight is 260 g/mol. The molecule has 0 bridgehead atoms. The van der Waals surface area contributed by atoms with Gasteiger partial charge >= 0.3 is 0 Å². The number of rotatable bonds is 1. The van der Waals surface area contributed by atoms with E-state index in [1.807, 2.05) is 6.08 Å². The predicted molar refractivity (Wildman–Crippen MR) is 71.5 cm³/mol. The highest BCUT2D eigenvalue weighted by atomic mass is 32.1. The van der Waals surface area contributed by atoms with E-state index in [1.165, 1.54) is 11.3 Å². The first kappa shape index (κ1) is 11.2. The largest absolute Gasteiger partial charge is 0.397 e. The van der Waals surface area contributed by atoms with Crippen LogP contribution in [0.2, 0.25) is 0 Å². The van der Waals surface area contributed by atoms with Gasteiger partial charge in [-0.3, -0.25) is 4.79 Å². The number of hydrogen-bond acceptors (Lipinski definition) is 5. The maximum absolute atomic E-state index is 12.4. The van der Waals surface area contributed by atoms with Gasteiger partial charge in [0.05, 0.1) is 11.9 Å². The molecule has 0 radical (unpaired) electrons. The Bertz CT molecular complexity index is 634. The molecule has 1 aliphatic heterocycles. The number of fused-ring (bicyclic) bond motifs is 1. The van der Waals surface area contributed by atoms with Crippen LogP contribution in [0, 0.1) is 0 Å². The van der Waals surface area contributed by atoms with E-state index in [0.29, 0.717) is 21.9 Å². The van der Waals surface area contributed by atoms with Crippen molar-refractivity contribution in [2.45, 2.75) is 6.42 Å². The molecule has 3 rings (SSSR count). The molecule has 92 valence electrons. The Balaban J connectivity index is 2.01. The molecule has 1 amide bonds. The molecule has 2 aromatic heterocycles. The van der Waals surface area contributed by atoms with Gasteiger partial charge in [0.2, 0.25) is 0 Å². The van der Waals surface area contributed by atoms with Gasteiger partial charge in [-0.1, -0.05) is 12.2 Å². The molecule has 0 aliphatic carbocycles. The van der Waals surface area contributed by atoms with E-state index >= 15 is 0 Å². The second kappa shape index (κ2) is 4.38. The molecular weight excluding hydrogens is 248 g/mol. The van der Waals surface area contributed by atoms with E-state index in [0.717, 1.165) is 18.4 Å². The van der Waals surface area contributed by atoms with Gasteiger partial charge in [-0.2, -0.15) is 5.10 Å². The van der Waals surface area contributed by atoms with Gasteiger partial charge in [0.25, 0.3) is 5.91 Å². The lowest BCUT2D eigenvalue weighted by Crippen LogP contribution is -2.33. The number of anilines is 1. The number of nitrogen functional groups attached to an aromatic ring is 1. The van der Waals surface area contributed by atoms with Gasteiger partial charge in [0, 0.05) is 18.5 Å². The van der Waals surface area contributed by atoms with Crippen LogP contribution in [0.1, 0.15) is 16.1 Å². The maximum Gasteiger partial charge on any atom is 0.266 e. The smallest absolute Gasteiger partial charge is 0.266 e. The molecule has 1 aliphatic rings. The number of aromatic nitrogens is 2. The van der Waals surface area contributed by atoms with Gasteiger partial charge in [0.15, 0.2) is 0 Å². The van der Waals surface area contributed by atoms with E-state index in [2.05, 4.69) is 16.3 Å². The molecular formula is C12H12N4OS. The summed E-state index contributed by atoms with van der Waals surface area (Å²) in [6.07, 6.45) is 6.58. The zero-order valence-corrected chi connectivity index (χ0v) is 10.5. The lowest BCUT2D eigenvalue weighted by molar-refractivity contribution is 0.0777. The Kier molecular flexibility index (Phi) is 2.71. The summed E-state index contributed by atoms with van der Waals surface area (Å²) < 4.78 is 0. The Morgan fingerprint density at radius 1 is 1.44 bits per heavy atom. The van der Waals surface area contributed by atoms with Crippen LogP contribution in [0.25, 0.3) is 10.2 Å². The van der Waals surface area contributed by atoms with Gasteiger partial charge in [-0.05, 0) is 12.5 Å². The summed E-state index contributed by atoms with van der Waals surface area (Å²) in [7, 11) is 0. The van der Waals surface area contributed by atoms with Crippen LogP contribution >= 0.6 is 11.3 Å². The van der Waals surface area contributed by atoms with Crippen molar-refractivity contribution in [1.29, 1.82) is 0 Å². The van der Waals surface area contributed by atoms with Crippen LogP contribution in [0.15, 0.2) is 24.4 Å². The minimum Gasteiger partial charge on any atom is -0.397 e. The Morgan fingerprint density at radius 2 is 2.33 bits per heavy atom. The molecule has 0 aromatic carbocycles. The van der Waals surface area contributed by atoms with Crippen LogP contribution < -0.4 is 5.73 Å². The summed E-state index contributed by atoms with van der Waals surface area (Å²) in [6.45, 7) is 1.40. The summed E-state index contributed by atoms with van der Waals surface area (Å²) in [5, 5.41) is 8.61. The van der Waals surface area contributed by atoms with E-state index in [4.69, 9.17) is 5.73 Å². The Morgan fingerprint density at radius 3 is 3.06 bits per heavy atom. The number of nitrogens with two attached hydrogens (primary N) is 1. The topological polar surface area (TPSA) is 72.1 Å². The summed E-state index contributed by atoms with van der Waals surface area (Å²) in [5.41, 5.74) is 6.54. The highest BCUT2D eigenvalue weighted by Crippen LogP contribution is 2.32. The Hall–Kier alpha value is -1.95. The second-order valence-corrected chi connectivity index (χ2v) is 5.11. The van der Waals surface area contributed by atoms with Gasteiger partial charge in [0.1, 0.15) is 9.71 Å². The van der Waals surface area contributed by atoms with E-state index < -0.39 is 0 Å². The van der Waals surface area contributed by atoms with E-state index in [1.54, 1.807) is 17.2 Å². The SMILES string of the molecule is Nc1c(C(=O)N2CC=CCC2)sc2nnccc12. The summed E-state index contributed by atoms with van der Waals surface area (Å²) in [4.78, 5) is 15.4. The van der Waals surface area contributed by atoms with Crippen molar-refractivity contribution in [3.8, 4) is 0 Å². The second-order valence-electron chi connectivity index (χ2n) is 4.11. The number of thiophene rings is 1. The number of carbonyl (C=O) groups is 1. The molecule has 0 atom stereocenters. The Labute approximate surface area is 108 Å². The van der Waals surface area contributed by atoms with Gasteiger partial charge < -0.3 is 10.6 Å². The number of amides is 1. The van der Waals surface area contributed by atoms with E-state index in [9.17, 15) is 4.79 Å². The molecule has 0 fully saturated rings. The fourth-order valence-corrected chi connectivity index (χ4v) is 3.01. The zero-order chi connectivity index (χ0) is 12.5. The highest BCUT2D eigenvalue weighted by Gasteiger charge is 2.22. The minimum absolute atomic E-state index is 0.0140. The van der Waals surface area contributed by atoms with Crippen molar-refractivity contribution in [3.05, 3.63) is 29.3 Å². The molecule has 0 saturated carbocycles. The number of hydrogen-bond donors (Lipinski definition) is 1. The minimum atomic E-state index is -0.0140. The fourth-order valence-electron chi connectivity index (χ4n) is 2.00. The van der Waals surface area contributed by atoms with Crippen molar-refractivity contribution >= 4 is 33.1 Å². The van der Waals surface area contributed by atoms with Crippen molar-refractivity contribution in [1.82, 2.24) is 15.1 Å². The highest BCUT2D eigenvalue weighted by molar-refractivity contribution is 7.21. The van der Waals surface area contributed by atoms with Crippen LogP contribution in [-0.4, -0.2) is 34.1 Å². The fraction of sp³-hybridized carbons (Fsp3) is 0.250. The molecule has 3 heterocycles. The normalized spacial score (nSPS) is 15.2. The maximum atomic E-state index is 12.4. The zero-order valence-electron chi connectivity index (χ0n) is 9.67. The molecule has 18 heavy (non-hydrogen) atoms. The summed E-state index contributed by atoms with van der Waals surface area (Å²) in [5.74, 6) is -0.0140.